The number of nitrogens with zero attached hydrogens (tertiary/aromatic N) is 3. The minimum Gasteiger partial charge on any atom is -0.340 e. The smallest absolute Gasteiger partial charge is 0.340 e. The topological polar surface area (TPSA) is 58.5 Å². The van der Waals surface area contributed by atoms with E-state index in [-0.39, 0.29) is 6.04 Å². The van der Waals surface area contributed by atoms with Gasteiger partial charge in [-0.2, -0.15) is 13.2 Å². The molecule has 0 aliphatic rings. The highest BCUT2D eigenvalue weighted by atomic mass is 32.1. The molecule has 0 amide bonds. The molecule has 0 aliphatic heterocycles. The van der Waals surface area contributed by atoms with E-state index in [9.17, 15) is 13.2 Å². The Morgan fingerprint density at radius 2 is 1.82 bits per heavy atom. The maximum atomic E-state index is 12.7. The van der Waals surface area contributed by atoms with Crippen LogP contribution in [0.3, 0.4) is 0 Å². The first-order valence-electron chi connectivity index (χ1n) is 8.57. The van der Waals surface area contributed by atoms with Crippen LogP contribution >= 0.6 is 12.2 Å². The molecule has 9 heteroatoms. The van der Waals surface area contributed by atoms with Gasteiger partial charge in [-0.25, -0.2) is 9.97 Å². The summed E-state index contributed by atoms with van der Waals surface area (Å²) in [7, 11) is 0. The van der Waals surface area contributed by atoms with Gasteiger partial charge in [-0.15, -0.1) is 0 Å². The standard InChI is InChI=1S/C19H16F3N5S/c1-10(2)27-16-8-14-13(7-15(16)26-18(27)28)17(24-9-23-14)25-12-5-3-11(4-6-12)19(20,21)22/h3-10H,1-2H3,(H,26,28)(H,23,24,25). The number of anilines is 2. The Hall–Kier alpha value is -2.94. The Labute approximate surface area is 163 Å². The average molecular weight is 403 g/mol. The van der Waals surface area contributed by atoms with Crippen LogP contribution < -0.4 is 5.32 Å². The summed E-state index contributed by atoms with van der Waals surface area (Å²) in [6.45, 7) is 4.09. The third-order valence-corrected chi connectivity index (χ3v) is 4.76. The molecular formula is C19H16F3N5S. The number of aromatic nitrogens is 4. The predicted octanol–water partition coefficient (Wildman–Crippen LogP) is 5.99. The lowest BCUT2D eigenvalue weighted by molar-refractivity contribution is -0.137. The highest BCUT2D eigenvalue weighted by molar-refractivity contribution is 7.71. The molecule has 0 radical (unpaired) electrons. The highest BCUT2D eigenvalue weighted by Gasteiger charge is 2.29. The van der Waals surface area contributed by atoms with Crippen LogP contribution in [0.4, 0.5) is 24.7 Å². The van der Waals surface area contributed by atoms with Gasteiger partial charge in [0.25, 0.3) is 0 Å². The molecule has 28 heavy (non-hydrogen) atoms. The molecule has 2 aromatic heterocycles. The lowest BCUT2D eigenvalue weighted by Gasteiger charge is -2.11. The van der Waals surface area contributed by atoms with Gasteiger partial charge in [0.05, 0.1) is 22.1 Å². The highest BCUT2D eigenvalue weighted by Crippen LogP contribution is 2.32. The Morgan fingerprint density at radius 3 is 2.46 bits per heavy atom. The van der Waals surface area contributed by atoms with Crippen molar-refractivity contribution in [2.45, 2.75) is 26.1 Å². The fraction of sp³-hybridized carbons (Fsp3) is 0.211. The largest absolute Gasteiger partial charge is 0.416 e. The fourth-order valence-corrected chi connectivity index (χ4v) is 3.59. The van der Waals surface area contributed by atoms with Crippen molar-refractivity contribution in [2.24, 2.45) is 0 Å². The first kappa shape index (κ1) is 18.4. The Balaban J connectivity index is 1.79. The van der Waals surface area contributed by atoms with E-state index in [1.807, 2.05) is 30.5 Å². The third kappa shape index (κ3) is 3.22. The summed E-state index contributed by atoms with van der Waals surface area (Å²) in [6.07, 6.45) is -2.95. The summed E-state index contributed by atoms with van der Waals surface area (Å²) >= 11 is 5.41. The van der Waals surface area contributed by atoms with Crippen molar-refractivity contribution >= 4 is 45.7 Å². The van der Waals surface area contributed by atoms with Crippen LogP contribution in [-0.2, 0) is 6.18 Å². The number of hydrogen-bond acceptors (Lipinski definition) is 4. The first-order valence-corrected chi connectivity index (χ1v) is 8.98. The van der Waals surface area contributed by atoms with Crippen LogP contribution in [-0.4, -0.2) is 19.5 Å². The maximum absolute atomic E-state index is 12.7. The fourth-order valence-electron chi connectivity index (χ4n) is 3.17. The molecule has 0 unspecified atom stereocenters. The molecule has 0 saturated carbocycles. The van der Waals surface area contributed by atoms with Crippen molar-refractivity contribution in [1.29, 1.82) is 0 Å². The maximum Gasteiger partial charge on any atom is 0.416 e. The van der Waals surface area contributed by atoms with E-state index in [2.05, 4.69) is 20.3 Å². The number of rotatable bonds is 3. The number of imidazole rings is 1. The minimum atomic E-state index is -4.37. The molecule has 5 nitrogen and oxygen atoms in total. The van der Waals surface area contributed by atoms with Gasteiger partial charge in [-0.1, -0.05) is 0 Å². The Morgan fingerprint density at radius 1 is 1.11 bits per heavy atom. The van der Waals surface area contributed by atoms with Crippen molar-refractivity contribution < 1.29 is 13.2 Å². The van der Waals surface area contributed by atoms with Crippen molar-refractivity contribution in [2.75, 3.05) is 5.32 Å². The van der Waals surface area contributed by atoms with E-state index in [1.54, 1.807) is 0 Å². The number of H-pyrrole nitrogens is 1. The van der Waals surface area contributed by atoms with Gasteiger partial charge in [0, 0.05) is 17.1 Å². The number of alkyl halides is 3. The van der Waals surface area contributed by atoms with Crippen molar-refractivity contribution in [1.82, 2.24) is 19.5 Å². The van der Waals surface area contributed by atoms with Crippen LogP contribution in [0.1, 0.15) is 25.5 Å². The van der Waals surface area contributed by atoms with Crippen molar-refractivity contribution in [3.63, 3.8) is 0 Å². The number of halogens is 3. The number of nitrogens with one attached hydrogen (secondary N) is 2. The summed E-state index contributed by atoms with van der Waals surface area (Å²) in [5.74, 6) is 0.503. The molecule has 4 rings (SSSR count). The molecule has 144 valence electrons. The van der Waals surface area contributed by atoms with E-state index in [4.69, 9.17) is 12.2 Å². The van der Waals surface area contributed by atoms with Gasteiger partial charge < -0.3 is 14.9 Å². The normalized spacial score (nSPS) is 12.2. The molecule has 0 bridgehead atoms. The number of fused-ring (bicyclic) bond motifs is 2. The molecule has 0 spiro atoms. The van der Waals surface area contributed by atoms with Gasteiger partial charge in [-0.05, 0) is 62.5 Å². The average Bonchev–Trinajstić information content (AvgIpc) is 2.95. The van der Waals surface area contributed by atoms with Crippen LogP contribution in [0, 0.1) is 4.77 Å². The first-order chi connectivity index (χ1) is 13.2. The summed E-state index contributed by atoms with van der Waals surface area (Å²) in [6, 6.07) is 8.82. The summed E-state index contributed by atoms with van der Waals surface area (Å²) in [5.41, 5.74) is 2.29. The van der Waals surface area contributed by atoms with E-state index >= 15 is 0 Å². The minimum absolute atomic E-state index is 0.185. The number of aromatic amines is 1. The van der Waals surface area contributed by atoms with Gasteiger partial charge in [0.1, 0.15) is 12.1 Å². The zero-order valence-electron chi connectivity index (χ0n) is 15.0. The Kier molecular flexibility index (Phi) is 4.34. The van der Waals surface area contributed by atoms with Gasteiger partial charge >= 0.3 is 6.18 Å². The Bertz CT molecular complexity index is 1220. The van der Waals surface area contributed by atoms with Crippen LogP contribution in [0.25, 0.3) is 21.9 Å². The van der Waals surface area contributed by atoms with E-state index in [0.29, 0.717) is 21.8 Å². The van der Waals surface area contributed by atoms with Crippen LogP contribution in [0.2, 0.25) is 0 Å². The van der Waals surface area contributed by atoms with E-state index in [0.717, 1.165) is 28.6 Å². The second-order valence-electron chi connectivity index (χ2n) is 6.70. The van der Waals surface area contributed by atoms with Gasteiger partial charge in [0.15, 0.2) is 4.77 Å². The second-order valence-corrected chi connectivity index (χ2v) is 7.09. The quantitative estimate of drug-likeness (QED) is 0.413. The van der Waals surface area contributed by atoms with Crippen molar-refractivity contribution in [3.8, 4) is 0 Å². The lowest BCUT2D eigenvalue weighted by Crippen LogP contribution is -2.04. The van der Waals surface area contributed by atoms with E-state index in [1.165, 1.54) is 18.5 Å². The number of hydrogen-bond donors (Lipinski definition) is 2. The van der Waals surface area contributed by atoms with E-state index < -0.39 is 11.7 Å². The molecule has 0 fully saturated rings. The predicted molar refractivity (Wildman–Crippen MR) is 105 cm³/mol. The molecule has 0 atom stereocenters. The van der Waals surface area contributed by atoms with Gasteiger partial charge in [-0.3, -0.25) is 0 Å². The third-order valence-electron chi connectivity index (χ3n) is 4.46. The second kappa shape index (κ2) is 6.59. The molecule has 2 heterocycles. The summed E-state index contributed by atoms with van der Waals surface area (Å²) in [4.78, 5) is 11.8. The van der Waals surface area contributed by atoms with Crippen molar-refractivity contribution in [3.05, 3.63) is 53.1 Å². The zero-order chi connectivity index (χ0) is 20.1. The summed E-state index contributed by atoms with van der Waals surface area (Å²) in [5, 5.41) is 3.81. The molecule has 0 saturated heterocycles. The van der Waals surface area contributed by atoms with Gasteiger partial charge in [0.2, 0.25) is 0 Å². The van der Waals surface area contributed by atoms with Crippen LogP contribution in [0.5, 0.6) is 0 Å². The molecule has 4 aromatic rings. The lowest BCUT2D eigenvalue weighted by atomic mass is 10.1. The number of benzene rings is 2. The van der Waals surface area contributed by atoms with Crippen LogP contribution in [0.15, 0.2) is 42.7 Å². The molecule has 2 N–H and O–H groups in total. The molecular weight excluding hydrogens is 387 g/mol. The SMILES string of the molecule is CC(C)n1c(=S)[nH]c2cc3c(Nc4ccc(C(F)(F)F)cc4)ncnc3cc21. The molecule has 2 aromatic carbocycles. The zero-order valence-corrected chi connectivity index (χ0v) is 15.8. The molecule has 0 aliphatic carbocycles. The summed E-state index contributed by atoms with van der Waals surface area (Å²) < 4.78 is 40.8. The monoisotopic (exact) mass is 403 g/mol.